The molecule has 0 aliphatic carbocycles. The van der Waals surface area contributed by atoms with Crippen molar-refractivity contribution < 1.29 is 43.1 Å². The van der Waals surface area contributed by atoms with Gasteiger partial charge < -0.3 is 58.4 Å². The van der Waals surface area contributed by atoms with Gasteiger partial charge in [-0.25, -0.2) is 14.8 Å². The van der Waals surface area contributed by atoms with Crippen LogP contribution in [0.15, 0.2) is 60.7 Å². The smallest absolute Gasteiger partial charge is 0.339 e. The molecule has 69 heavy (non-hydrogen) atoms. The number of morpholine rings is 4. The summed E-state index contributed by atoms with van der Waals surface area (Å²) in [7, 11) is 3.10. The van der Waals surface area contributed by atoms with Gasteiger partial charge in [0.05, 0.1) is 93.2 Å². The molecule has 2 aromatic carbocycles. The molecule has 360 valence electrons. The van der Waals surface area contributed by atoms with Crippen molar-refractivity contribution in [2.75, 3.05) is 126 Å². The van der Waals surface area contributed by atoms with E-state index in [9.17, 15) is 14.7 Å². The Labute approximate surface area is 398 Å². The van der Waals surface area contributed by atoms with E-state index in [4.69, 9.17) is 58.3 Å². The number of methoxy groups -OCH3 is 1. The zero-order valence-corrected chi connectivity index (χ0v) is 39.1. The van der Waals surface area contributed by atoms with Crippen molar-refractivity contribution in [2.24, 2.45) is 0 Å². The van der Waals surface area contributed by atoms with Gasteiger partial charge in [-0.05, 0) is 74.5 Å². The van der Waals surface area contributed by atoms with E-state index in [0.29, 0.717) is 143 Å². The van der Waals surface area contributed by atoms with Gasteiger partial charge in [-0.2, -0.15) is 19.9 Å². The standard InChI is InChI=1S/C49H55N11O9/c1-29-27-67-23-17-59(29)44-33-7-9-38(52-42(33)53-48(55-44)57-13-19-65-20-14-57)32-6-12-40(36(26-32)47(62)63)69-28-41-30(2)60(18-24-68-41)45-34-8-10-37(31-5-11-39(64-4)35(25-31)46(61)50-3)51-43(34)54-49(56-45)58-15-21-66-22-16-58/h5-12,25-26,29-30,41H,13-24,27-28H2,1-4H3,(H,50,61)(H,62,63)/t29-,30-,41?/m0/s1. The summed E-state index contributed by atoms with van der Waals surface area (Å²) in [5, 5.41) is 14.8. The van der Waals surface area contributed by atoms with Gasteiger partial charge in [0.15, 0.2) is 11.3 Å². The maximum absolute atomic E-state index is 12.9. The molecule has 20 heteroatoms. The molecule has 1 amide bonds. The van der Waals surface area contributed by atoms with E-state index in [0.717, 1.165) is 22.2 Å². The summed E-state index contributed by atoms with van der Waals surface area (Å²) in [6, 6.07) is 18.0. The second kappa shape index (κ2) is 19.9. The molecule has 0 radical (unpaired) electrons. The molecule has 2 N–H and O–H groups in total. The van der Waals surface area contributed by atoms with Crippen LogP contribution in [0.25, 0.3) is 44.6 Å². The number of hydrogen-bond acceptors (Lipinski definition) is 18. The number of aromatic nitrogens is 6. The first kappa shape index (κ1) is 45.8. The van der Waals surface area contributed by atoms with Crippen LogP contribution < -0.4 is 34.4 Å². The lowest BCUT2D eigenvalue weighted by molar-refractivity contribution is -0.0123. The molecule has 20 nitrogen and oxygen atoms in total. The minimum atomic E-state index is -1.14. The Bertz CT molecular complexity index is 2880. The lowest BCUT2D eigenvalue weighted by atomic mass is 10.0. The highest BCUT2D eigenvalue weighted by molar-refractivity contribution is 5.98. The SMILES string of the molecule is CNC(=O)c1cc(-c2ccc3c(N4CCOC(COc5ccc(-c6ccc7c(N8CCOC[C@@H]8C)nc(N8CCOCC8)nc7n6)cc5C(=O)O)[C@@H]4C)nc(N4CCOCC4)nc3n2)ccc1OC. The van der Waals surface area contributed by atoms with Crippen molar-refractivity contribution in [2.45, 2.75) is 32.0 Å². The van der Waals surface area contributed by atoms with Crippen LogP contribution in [-0.4, -0.2) is 171 Å². The summed E-state index contributed by atoms with van der Waals surface area (Å²) in [5.74, 6) is 1.84. The van der Waals surface area contributed by atoms with E-state index in [1.807, 2.05) is 43.3 Å². The van der Waals surface area contributed by atoms with Gasteiger partial charge in [0.1, 0.15) is 41.4 Å². The van der Waals surface area contributed by atoms with Gasteiger partial charge in [0.2, 0.25) is 11.9 Å². The monoisotopic (exact) mass is 941 g/mol. The lowest BCUT2D eigenvalue weighted by Crippen LogP contribution is -2.52. The highest BCUT2D eigenvalue weighted by Gasteiger charge is 2.34. The number of pyridine rings is 2. The van der Waals surface area contributed by atoms with Crippen molar-refractivity contribution in [1.29, 1.82) is 0 Å². The number of anilines is 4. The fourth-order valence-electron chi connectivity index (χ4n) is 9.24. The number of carbonyl (C=O) groups excluding carboxylic acids is 1. The Morgan fingerprint density at radius 2 is 1.22 bits per heavy atom. The molecular formula is C49H55N11O9. The number of nitrogens with zero attached hydrogens (tertiary/aromatic N) is 10. The molecule has 4 aliphatic heterocycles. The molecule has 0 bridgehead atoms. The maximum atomic E-state index is 12.9. The molecule has 3 atom stereocenters. The minimum Gasteiger partial charge on any atom is -0.496 e. The van der Waals surface area contributed by atoms with Crippen molar-refractivity contribution in [3.05, 3.63) is 71.8 Å². The van der Waals surface area contributed by atoms with Crippen molar-refractivity contribution in [3.63, 3.8) is 0 Å². The number of carboxylic acids is 1. The molecule has 0 saturated carbocycles. The Hall–Kier alpha value is -7.00. The predicted octanol–water partition coefficient (Wildman–Crippen LogP) is 4.33. The summed E-state index contributed by atoms with van der Waals surface area (Å²) in [5.41, 5.74) is 3.92. The first-order chi connectivity index (χ1) is 33.7. The number of benzene rings is 2. The minimum absolute atomic E-state index is 0.00707. The molecular weight excluding hydrogens is 887 g/mol. The highest BCUT2D eigenvalue weighted by Crippen LogP contribution is 2.35. The van der Waals surface area contributed by atoms with Gasteiger partial charge in [0.25, 0.3) is 5.91 Å². The van der Waals surface area contributed by atoms with Gasteiger partial charge in [-0.15, -0.1) is 0 Å². The van der Waals surface area contributed by atoms with Gasteiger partial charge >= 0.3 is 5.97 Å². The molecule has 4 saturated heterocycles. The number of carboxylic acid groups (broad SMARTS) is 1. The third kappa shape index (κ3) is 9.31. The van der Waals surface area contributed by atoms with Crippen LogP contribution in [0, 0.1) is 0 Å². The first-order valence-electron chi connectivity index (χ1n) is 23.3. The fourth-order valence-corrected chi connectivity index (χ4v) is 9.24. The van der Waals surface area contributed by atoms with Crippen molar-refractivity contribution in [1.82, 2.24) is 35.2 Å². The summed E-state index contributed by atoms with van der Waals surface area (Å²) < 4.78 is 35.1. The van der Waals surface area contributed by atoms with Crippen LogP contribution in [0.3, 0.4) is 0 Å². The Kier molecular flexibility index (Phi) is 13.2. The quantitative estimate of drug-likeness (QED) is 0.175. The third-order valence-corrected chi connectivity index (χ3v) is 13.1. The van der Waals surface area contributed by atoms with Gasteiger partial charge in [0, 0.05) is 57.4 Å². The summed E-state index contributed by atoms with van der Waals surface area (Å²) >= 11 is 0. The van der Waals surface area contributed by atoms with E-state index in [-0.39, 0.29) is 35.9 Å². The molecule has 4 aliphatic rings. The van der Waals surface area contributed by atoms with Crippen molar-refractivity contribution >= 4 is 57.5 Å². The second-order valence-corrected chi connectivity index (χ2v) is 17.3. The number of rotatable bonds is 12. The molecule has 10 rings (SSSR count). The van der Waals surface area contributed by atoms with Crippen LogP contribution >= 0.6 is 0 Å². The van der Waals surface area contributed by atoms with Gasteiger partial charge in [-0.3, -0.25) is 4.79 Å². The summed E-state index contributed by atoms with van der Waals surface area (Å²) in [6.07, 6.45) is -0.461. The van der Waals surface area contributed by atoms with E-state index in [1.165, 1.54) is 7.11 Å². The zero-order valence-electron chi connectivity index (χ0n) is 39.1. The Balaban J connectivity index is 0.921. The average molecular weight is 942 g/mol. The van der Waals surface area contributed by atoms with Gasteiger partial charge in [-0.1, -0.05) is 0 Å². The van der Waals surface area contributed by atoms with E-state index in [1.54, 1.807) is 31.3 Å². The zero-order chi connectivity index (χ0) is 47.6. The predicted molar refractivity (Wildman–Crippen MR) is 258 cm³/mol. The third-order valence-electron chi connectivity index (χ3n) is 13.1. The second-order valence-electron chi connectivity index (χ2n) is 17.3. The van der Waals surface area contributed by atoms with Crippen molar-refractivity contribution in [3.8, 4) is 34.0 Å². The number of ether oxygens (including phenoxy) is 6. The maximum Gasteiger partial charge on any atom is 0.339 e. The topological polar surface area (TPSA) is 212 Å². The van der Waals surface area contributed by atoms with Crippen LogP contribution in [0.5, 0.6) is 11.5 Å². The molecule has 4 fully saturated rings. The lowest BCUT2D eigenvalue weighted by Gasteiger charge is -2.40. The molecule has 1 unspecified atom stereocenters. The summed E-state index contributed by atoms with van der Waals surface area (Å²) in [4.78, 5) is 64.4. The molecule has 8 heterocycles. The number of hydrogen-bond donors (Lipinski definition) is 2. The van der Waals surface area contributed by atoms with E-state index >= 15 is 0 Å². The molecule has 6 aromatic rings. The Morgan fingerprint density at radius 1 is 0.667 bits per heavy atom. The Morgan fingerprint density at radius 3 is 1.78 bits per heavy atom. The number of carbonyl (C=O) groups is 2. The number of fused-ring (bicyclic) bond motifs is 2. The van der Waals surface area contributed by atoms with Crippen LogP contribution in [-0.2, 0) is 18.9 Å². The number of aromatic carboxylic acids is 1. The molecule has 4 aromatic heterocycles. The van der Waals surface area contributed by atoms with Crippen LogP contribution in [0.1, 0.15) is 34.6 Å². The first-order valence-corrected chi connectivity index (χ1v) is 23.3. The normalized spacial score (nSPS) is 20.0. The number of nitrogens with one attached hydrogen (secondary N) is 1. The van der Waals surface area contributed by atoms with Crippen LogP contribution in [0.4, 0.5) is 23.5 Å². The average Bonchev–Trinajstić information content (AvgIpc) is 3.39. The number of amides is 1. The largest absolute Gasteiger partial charge is 0.496 e. The molecule has 0 spiro atoms. The van der Waals surface area contributed by atoms with Crippen LogP contribution in [0.2, 0.25) is 0 Å². The summed E-state index contributed by atoms with van der Waals surface area (Å²) in [6.45, 7) is 11.8. The fraction of sp³-hybridized carbons (Fsp3) is 0.429. The van der Waals surface area contributed by atoms with E-state index in [2.05, 4.69) is 31.8 Å². The highest BCUT2D eigenvalue weighted by atomic mass is 16.5. The van der Waals surface area contributed by atoms with E-state index < -0.39 is 12.1 Å².